The normalized spacial score (nSPS) is 20.3. The van der Waals surface area contributed by atoms with Crippen LogP contribution in [0.3, 0.4) is 0 Å². The number of nitrogens with one attached hydrogen (secondary N) is 1. The van der Waals surface area contributed by atoms with Gasteiger partial charge in [-0.05, 0) is 17.9 Å². The summed E-state index contributed by atoms with van der Waals surface area (Å²) in [5.41, 5.74) is 2.64. The molecule has 1 aromatic rings. The lowest BCUT2D eigenvalue weighted by atomic mass is 9.86. The topological polar surface area (TPSA) is 72.9 Å². The van der Waals surface area contributed by atoms with Crippen LogP contribution in [0.4, 0.5) is 0 Å². The monoisotopic (exact) mass is 373 g/mol. The molecule has 1 heterocycles. The molecule has 1 aromatic carbocycles. The molecule has 3 rings (SSSR count). The van der Waals surface area contributed by atoms with Crippen molar-refractivity contribution in [3.05, 3.63) is 35.9 Å². The number of amides is 2. The van der Waals surface area contributed by atoms with Crippen molar-refractivity contribution in [2.24, 2.45) is 5.92 Å². The van der Waals surface area contributed by atoms with E-state index >= 15 is 0 Å². The third-order valence-electron chi connectivity index (χ3n) is 6.00. The van der Waals surface area contributed by atoms with Crippen molar-refractivity contribution in [2.45, 2.75) is 51.0 Å². The Bertz CT molecular complexity index is 608. The number of hydrogen-bond donors (Lipinski definition) is 2. The molecule has 0 radical (unpaired) electrons. The second kappa shape index (κ2) is 9.85. The summed E-state index contributed by atoms with van der Waals surface area (Å²) in [5.74, 6) is 0.529. The third kappa shape index (κ3) is 5.30. The summed E-state index contributed by atoms with van der Waals surface area (Å²) < 4.78 is 0. The van der Waals surface area contributed by atoms with E-state index in [1.807, 2.05) is 40.1 Å². The number of carbonyl (C=O) groups is 2. The van der Waals surface area contributed by atoms with E-state index in [2.05, 4.69) is 0 Å². The van der Waals surface area contributed by atoms with E-state index < -0.39 is 11.9 Å². The predicted octanol–water partition coefficient (Wildman–Crippen LogP) is 2.74. The molecule has 1 atom stereocenters. The minimum atomic E-state index is -0.532. The second-order valence-electron chi connectivity index (χ2n) is 7.75. The van der Waals surface area contributed by atoms with Gasteiger partial charge in [-0.2, -0.15) is 0 Å². The lowest BCUT2D eigenvalue weighted by Crippen LogP contribution is -2.52. The number of piperazine rings is 1. The Hall–Kier alpha value is -1.92. The molecule has 1 saturated carbocycles. The molecule has 6 nitrogen and oxygen atoms in total. The van der Waals surface area contributed by atoms with Gasteiger partial charge in [-0.3, -0.25) is 19.7 Å². The Morgan fingerprint density at radius 2 is 1.70 bits per heavy atom. The fourth-order valence-corrected chi connectivity index (χ4v) is 4.42. The molecule has 6 heteroatoms. The van der Waals surface area contributed by atoms with Crippen LogP contribution in [0, 0.1) is 5.92 Å². The summed E-state index contributed by atoms with van der Waals surface area (Å²) in [5, 5.41) is 9.14. The Labute approximate surface area is 161 Å². The van der Waals surface area contributed by atoms with Gasteiger partial charge in [0.15, 0.2) is 0 Å². The average molecular weight is 373 g/mol. The Kier molecular flexibility index (Phi) is 7.24. The van der Waals surface area contributed by atoms with Gasteiger partial charge in [0.25, 0.3) is 5.91 Å². The predicted molar refractivity (Wildman–Crippen MR) is 103 cm³/mol. The van der Waals surface area contributed by atoms with Gasteiger partial charge in [-0.25, -0.2) is 5.48 Å². The van der Waals surface area contributed by atoms with Gasteiger partial charge in [0, 0.05) is 32.6 Å². The molecule has 1 unspecified atom stereocenters. The lowest BCUT2D eigenvalue weighted by Gasteiger charge is -2.38. The zero-order valence-electron chi connectivity index (χ0n) is 16.0. The van der Waals surface area contributed by atoms with Gasteiger partial charge in [0.05, 0.1) is 0 Å². The summed E-state index contributed by atoms with van der Waals surface area (Å²) >= 11 is 0. The first kappa shape index (κ1) is 19.8. The summed E-state index contributed by atoms with van der Waals surface area (Å²) in [4.78, 5) is 28.7. The first-order chi connectivity index (χ1) is 13.2. The zero-order chi connectivity index (χ0) is 19.1. The maximum Gasteiger partial charge on any atom is 0.265 e. The fourth-order valence-electron chi connectivity index (χ4n) is 4.42. The Morgan fingerprint density at radius 1 is 1.04 bits per heavy atom. The highest BCUT2D eigenvalue weighted by Gasteiger charge is 2.31. The van der Waals surface area contributed by atoms with E-state index in [1.54, 1.807) is 5.48 Å². The molecule has 1 aliphatic carbocycles. The van der Waals surface area contributed by atoms with Crippen molar-refractivity contribution >= 4 is 11.8 Å². The SMILES string of the molecule is O=C(NO)C(c1ccccc1)N1CCN(C(=O)CCC2CCCCC2)CC1. The molecule has 2 N–H and O–H groups in total. The smallest absolute Gasteiger partial charge is 0.265 e. The fraction of sp³-hybridized carbons (Fsp3) is 0.619. The van der Waals surface area contributed by atoms with E-state index in [9.17, 15) is 9.59 Å². The quantitative estimate of drug-likeness (QED) is 0.594. The third-order valence-corrected chi connectivity index (χ3v) is 6.00. The van der Waals surface area contributed by atoms with Gasteiger partial charge in [0.1, 0.15) is 6.04 Å². The highest BCUT2D eigenvalue weighted by Crippen LogP contribution is 2.28. The minimum Gasteiger partial charge on any atom is -0.340 e. The van der Waals surface area contributed by atoms with Gasteiger partial charge in [-0.1, -0.05) is 62.4 Å². The number of hydroxylamine groups is 1. The van der Waals surface area contributed by atoms with Crippen LogP contribution < -0.4 is 5.48 Å². The van der Waals surface area contributed by atoms with Crippen LogP contribution in [-0.4, -0.2) is 53.0 Å². The van der Waals surface area contributed by atoms with Gasteiger partial charge in [-0.15, -0.1) is 0 Å². The molecule has 2 amide bonds. The van der Waals surface area contributed by atoms with Crippen LogP contribution in [-0.2, 0) is 9.59 Å². The van der Waals surface area contributed by atoms with Crippen molar-refractivity contribution in [3.63, 3.8) is 0 Å². The van der Waals surface area contributed by atoms with Crippen LogP contribution in [0.15, 0.2) is 30.3 Å². The largest absolute Gasteiger partial charge is 0.340 e. The molecule has 0 spiro atoms. The van der Waals surface area contributed by atoms with Crippen LogP contribution >= 0.6 is 0 Å². The molecule has 0 aromatic heterocycles. The highest BCUT2D eigenvalue weighted by molar-refractivity contribution is 5.82. The number of nitrogens with zero attached hydrogens (tertiary/aromatic N) is 2. The Balaban J connectivity index is 1.52. The number of rotatable bonds is 6. The summed E-state index contributed by atoms with van der Waals surface area (Å²) in [6, 6.07) is 8.93. The van der Waals surface area contributed by atoms with E-state index in [0.29, 0.717) is 32.6 Å². The molecule has 1 saturated heterocycles. The first-order valence-electron chi connectivity index (χ1n) is 10.2. The summed E-state index contributed by atoms with van der Waals surface area (Å²) in [6.07, 6.45) is 8.17. The van der Waals surface area contributed by atoms with Gasteiger partial charge < -0.3 is 4.90 Å². The standard InChI is InChI=1S/C21H31N3O3/c25-19(12-11-17-7-3-1-4-8-17)23-13-15-24(16-14-23)20(21(26)22-27)18-9-5-2-6-10-18/h2,5-6,9-10,17,20,27H,1,3-4,7-8,11-16H2,(H,22,26). The van der Waals surface area contributed by atoms with Crippen molar-refractivity contribution in [1.82, 2.24) is 15.3 Å². The maximum absolute atomic E-state index is 12.6. The molecule has 2 aliphatic rings. The highest BCUT2D eigenvalue weighted by atomic mass is 16.5. The molecule has 1 aliphatic heterocycles. The number of carbonyl (C=O) groups excluding carboxylic acids is 2. The van der Waals surface area contributed by atoms with Crippen molar-refractivity contribution in [3.8, 4) is 0 Å². The Morgan fingerprint density at radius 3 is 2.33 bits per heavy atom. The van der Waals surface area contributed by atoms with Crippen LogP contribution in [0.25, 0.3) is 0 Å². The van der Waals surface area contributed by atoms with Crippen molar-refractivity contribution < 1.29 is 14.8 Å². The van der Waals surface area contributed by atoms with Crippen molar-refractivity contribution in [1.29, 1.82) is 0 Å². The summed E-state index contributed by atoms with van der Waals surface area (Å²) in [7, 11) is 0. The van der Waals surface area contributed by atoms with E-state index in [1.165, 1.54) is 32.1 Å². The molecule has 27 heavy (non-hydrogen) atoms. The molecule has 148 valence electrons. The zero-order valence-corrected chi connectivity index (χ0v) is 16.0. The second-order valence-corrected chi connectivity index (χ2v) is 7.75. The summed E-state index contributed by atoms with van der Waals surface area (Å²) in [6.45, 7) is 2.52. The van der Waals surface area contributed by atoms with Crippen molar-refractivity contribution in [2.75, 3.05) is 26.2 Å². The van der Waals surface area contributed by atoms with Crippen LogP contribution in [0.1, 0.15) is 56.6 Å². The first-order valence-corrected chi connectivity index (χ1v) is 10.2. The van der Waals surface area contributed by atoms with E-state index in [0.717, 1.165) is 17.9 Å². The number of hydrogen-bond acceptors (Lipinski definition) is 4. The van der Waals surface area contributed by atoms with Gasteiger partial charge in [0.2, 0.25) is 5.91 Å². The van der Waals surface area contributed by atoms with Crippen LogP contribution in [0.2, 0.25) is 0 Å². The lowest BCUT2D eigenvalue weighted by molar-refractivity contribution is -0.138. The van der Waals surface area contributed by atoms with E-state index in [4.69, 9.17) is 5.21 Å². The molecular weight excluding hydrogens is 342 g/mol. The molecule has 2 fully saturated rings. The molecular formula is C21H31N3O3. The molecule has 0 bridgehead atoms. The minimum absolute atomic E-state index is 0.239. The van der Waals surface area contributed by atoms with Crippen LogP contribution in [0.5, 0.6) is 0 Å². The van der Waals surface area contributed by atoms with Gasteiger partial charge >= 0.3 is 0 Å². The average Bonchev–Trinajstić information content (AvgIpc) is 2.74. The van der Waals surface area contributed by atoms with E-state index in [-0.39, 0.29) is 5.91 Å². The maximum atomic E-state index is 12.6. The number of benzene rings is 1.